The summed E-state index contributed by atoms with van der Waals surface area (Å²) in [5.74, 6) is 0.637. The van der Waals surface area contributed by atoms with Gasteiger partial charge in [-0.15, -0.1) is 0 Å². The van der Waals surface area contributed by atoms with E-state index in [1.165, 1.54) is 0 Å². The molecule has 0 radical (unpaired) electrons. The Hall–Kier alpha value is -0.120. The van der Waals surface area contributed by atoms with Crippen LogP contribution in [0.2, 0.25) is 0 Å². The minimum atomic E-state index is -0.608. The van der Waals surface area contributed by atoms with Crippen LogP contribution in [0.1, 0.15) is 34.6 Å². The maximum Gasteiger partial charge on any atom is 0.0869 e. The van der Waals surface area contributed by atoms with Crippen LogP contribution < -0.4 is 5.32 Å². The third-order valence-electron chi connectivity index (χ3n) is 3.04. The molecule has 1 atom stereocenters. The van der Waals surface area contributed by atoms with Crippen molar-refractivity contribution in [1.29, 1.82) is 0 Å². The molecule has 0 aromatic rings. The van der Waals surface area contributed by atoms with E-state index in [0.717, 1.165) is 19.6 Å². The third kappa shape index (κ3) is 3.74. The van der Waals surface area contributed by atoms with Crippen molar-refractivity contribution in [3.63, 3.8) is 0 Å². The van der Waals surface area contributed by atoms with E-state index in [-0.39, 0.29) is 5.54 Å². The van der Waals surface area contributed by atoms with E-state index in [0.29, 0.717) is 12.5 Å². The summed E-state index contributed by atoms with van der Waals surface area (Å²) in [6, 6.07) is 0. The van der Waals surface area contributed by atoms with Crippen molar-refractivity contribution in [1.82, 2.24) is 10.2 Å². The number of hydrogen-bond donors (Lipinski definition) is 2. The molecule has 90 valence electrons. The lowest BCUT2D eigenvalue weighted by atomic mass is 9.99. The van der Waals surface area contributed by atoms with Gasteiger partial charge in [-0.3, -0.25) is 4.90 Å². The highest BCUT2D eigenvalue weighted by Crippen LogP contribution is 2.21. The molecular formula is C12H26N2O. The fourth-order valence-corrected chi connectivity index (χ4v) is 2.18. The average Bonchev–Trinajstić information content (AvgIpc) is 2.07. The summed E-state index contributed by atoms with van der Waals surface area (Å²) >= 11 is 0. The van der Waals surface area contributed by atoms with Crippen molar-refractivity contribution in [2.45, 2.75) is 45.8 Å². The summed E-state index contributed by atoms with van der Waals surface area (Å²) in [6.07, 6.45) is 0. The second-order valence-electron chi connectivity index (χ2n) is 6.19. The second-order valence-corrected chi connectivity index (χ2v) is 6.19. The highest BCUT2D eigenvalue weighted by Gasteiger charge is 2.36. The molecule has 1 aliphatic rings. The van der Waals surface area contributed by atoms with Crippen LogP contribution in [0.5, 0.6) is 0 Å². The van der Waals surface area contributed by atoms with Gasteiger partial charge >= 0.3 is 0 Å². The Balaban J connectivity index is 2.75. The summed E-state index contributed by atoms with van der Waals surface area (Å²) in [5, 5.41) is 13.5. The number of rotatable bonds is 2. The highest BCUT2D eigenvalue weighted by atomic mass is 16.3. The van der Waals surface area contributed by atoms with Gasteiger partial charge in [0.25, 0.3) is 0 Å². The first-order valence-corrected chi connectivity index (χ1v) is 5.91. The zero-order chi connectivity index (χ0) is 11.7. The summed E-state index contributed by atoms with van der Waals surface area (Å²) in [4.78, 5) is 2.40. The van der Waals surface area contributed by atoms with Gasteiger partial charge in [-0.1, -0.05) is 13.8 Å². The Labute approximate surface area is 93.9 Å². The van der Waals surface area contributed by atoms with Gasteiger partial charge in [0.15, 0.2) is 0 Å². The van der Waals surface area contributed by atoms with Crippen molar-refractivity contribution in [2.75, 3.05) is 26.2 Å². The lowest BCUT2D eigenvalue weighted by Gasteiger charge is -2.39. The molecule has 1 heterocycles. The van der Waals surface area contributed by atoms with Gasteiger partial charge in [-0.05, 0) is 26.7 Å². The van der Waals surface area contributed by atoms with Crippen molar-refractivity contribution in [3.05, 3.63) is 0 Å². The lowest BCUT2D eigenvalue weighted by Crippen LogP contribution is -2.52. The van der Waals surface area contributed by atoms with Gasteiger partial charge in [-0.25, -0.2) is 0 Å². The van der Waals surface area contributed by atoms with E-state index in [1.807, 2.05) is 6.92 Å². The van der Waals surface area contributed by atoms with Gasteiger partial charge in [-0.2, -0.15) is 0 Å². The molecule has 0 amide bonds. The SMILES string of the molecule is CC(C)CN1CC(C)(O)CNCC1(C)C. The fraction of sp³-hybridized carbons (Fsp3) is 1.00. The molecule has 1 fully saturated rings. The molecule has 0 bridgehead atoms. The molecule has 1 saturated heterocycles. The molecule has 0 saturated carbocycles. The quantitative estimate of drug-likeness (QED) is 0.722. The van der Waals surface area contributed by atoms with Crippen molar-refractivity contribution in [2.24, 2.45) is 5.92 Å². The smallest absolute Gasteiger partial charge is 0.0869 e. The Bertz CT molecular complexity index is 212. The van der Waals surface area contributed by atoms with Gasteiger partial charge in [0, 0.05) is 31.7 Å². The first-order chi connectivity index (χ1) is 6.73. The van der Waals surface area contributed by atoms with E-state index < -0.39 is 5.60 Å². The van der Waals surface area contributed by atoms with E-state index in [1.54, 1.807) is 0 Å². The van der Waals surface area contributed by atoms with Crippen LogP contribution in [0.15, 0.2) is 0 Å². The zero-order valence-electron chi connectivity index (χ0n) is 10.8. The van der Waals surface area contributed by atoms with Crippen molar-refractivity contribution in [3.8, 4) is 0 Å². The number of aliphatic hydroxyl groups is 1. The summed E-state index contributed by atoms with van der Waals surface area (Å²) in [5.41, 5.74) is -0.479. The topological polar surface area (TPSA) is 35.5 Å². The molecule has 15 heavy (non-hydrogen) atoms. The minimum absolute atomic E-state index is 0.130. The molecule has 0 spiro atoms. The number of hydrogen-bond acceptors (Lipinski definition) is 3. The Morgan fingerprint density at radius 1 is 1.27 bits per heavy atom. The number of β-amino-alcohol motifs (C(OH)–C–C–N with tert-alkyl or cyclic N) is 1. The van der Waals surface area contributed by atoms with Crippen molar-refractivity contribution < 1.29 is 5.11 Å². The average molecular weight is 214 g/mol. The Morgan fingerprint density at radius 2 is 1.87 bits per heavy atom. The molecule has 1 rings (SSSR count). The molecule has 2 N–H and O–H groups in total. The minimum Gasteiger partial charge on any atom is -0.388 e. The van der Waals surface area contributed by atoms with Crippen LogP contribution >= 0.6 is 0 Å². The first-order valence-electron chi connectivity index (χ1n) is 5.91. The molecular weight excluding hydrogens is 188 g/mol. The van der Waals surface area contributed by atoms with Gasteiger partial charge < -0.3 is 10.4 Å². The largest absolute Gasteiger partial charge is 0.388 e. The van der Waals surface area contributed by atoms with Crippen LogP contribution in [-0.4, -0.2) is 47.3 Å². The van der Waals surface area contributed by atoms with Crippen LogP contribution in [0.4, 0.5) is 0 Å². The maximum atomic E-state index is 10.2. The monoisotopic (exact) mass is 214 g/mol. The first kappa shape index (κ1) is 12.9. The predicted molar refractivity (Wildman–Crippen MR) is 64.0 cm³/mol. The molecule has 0 aromatic carbocycles. The van der Waals surface area contributed by atoms with Gasteiger partial charge in [0.1, 0.15) is 0 Å². The van der Waals surface area contributed by atoms with Crippen LogP contribution in [0, 0.1) is 5.92 Å². The molecule has 0 aromatic heterocycles. The normalized spacial score (nSPS) is 33.0. The standard InChI is InChI=1S/C12H26N2O/c1-10(2)6-14-9-12(5,15)8-13-7-11(14,3)4/h10,13,15H,6-9H2,1-5H3. The Morgan fingerprint density at radius 3 is 2.40 bits per heavy atom. The van der Waals surface area contributed by atoms with Crippen LogP contribution in [-0.2, 0) is 0 Å². The molecule has 1 aliphatic heterocycles. The van der Waals surface area contributed by atoms with Crippen LogP contribution in [0.25, 0.3) is 0 Å². The zero-order valence-corrected chi connectivity index (χ0v) is 10.8. The molecule has 0 aliphatic carbocycles. The summed E-state index contributed by atoms with van der Waals surface area (Å²) in [6.45, 7) is 14.3. The lowest BCUT2D eigenvalue weighted by molar-refractivity contribution is 0.00536. The molecule has 3 nitrogen and oxygen atoms in total. The number of nitrogens with zero attached hydrogens (tertiary/aromatic N) is 1. The maximum absolute atomic E-state index is 10.2. The third-order valence-corrected chi connectivity index (χ3v) is 3.04. The molecule has 3 heteroatoms. The molecule has 1 unspecified atom stereocenters. The summed E-state index contributed by atoms with van der Waals surface area (Å²) < 4.78 is 0. The van der Waals surface area contributed by atoms with Gasteiger partial charge in [0.2, 0.25) is 0 Å². The van der Waals surface area contributed by atoms with E-state index in [2.05, 4.69) is 37.9 Å². The van der Waals surface area contributed by atoms with E-state index in [4.69, 9.17) is 0 Å². The number of nitrogens with one attached hydrogen (secondary N) is 1. The van der Waals surface area contributed by atoms with Crippen LogP contribution in [0.3, 0.4) is 0 Å². The Kier molecular flexibility index (Phi) is 3.80. The van der Waals surface area contributed by atoms with Gasteiger partial charge in [0.05, 0.1) is 5.60 Å². The fourth-order valence-electron chi connectivity index (χ4n) is 2.18. The summed E-state index contributed by atoms with van der Waals surface area (Å²) in [7, 11) is 0. The highest BCUT2D eigenvalue weighted by molar-refractivity contribution is 4.94. The predicted octanol–water partition coefficient (Wildman–Crippen LogP) is 1.08. The second kappa shape index (κ2) is 4.40. The van der Waals surface area contributed by atoms with E-state index in [9.17, 15) is 5.11 Å². The van der Waals surface area contributed by atoms with Crippen molar-refractivity contribution >= 4 is 0 Å². The van der Waals surface area contributed by atoms with E-state index >= 15 is 0 Å².